The number of unbranched alkanes of at least 4 members (excludes halogenated alkanes) is 1. The Morgan fingerprint density at radius 3 is 2.41 bits per heavy atom. The number of hydrogen-bond acceptors (Lipinski definition) is 4. The van der Waals surface area contributed by atoms with Gasteiger partial charge in [0.15, 0.2) is 0 Å². The molecule has 0 aliphatic carbocycles. The minimum atomic E-state index is -1.02. The molecule has 0 aliphatic heterocycles. The van der Waals surface area contributed by atoms with Crippen LogP contribution in [0.4, 0.5) is 0 Å². The van der Waals surface area contributed by atoms with Gasteiger partial charge in [0.1, 0.15) is 6.54 Å². The van der Waals surface area contributed by atoms with Crippen molar-refractivity contribution < 1.29 is 34.2 Å². The second kappa shape index (κ2) is 12.7. The van der Waals surface area contributed by atoms with Gasteiger partial charge in [-0.2, -0.15) is 25.3 Å². The maximum atomic E-state index is 11.1. The van der Waals surface area contributed by atoms with Crippen molar-refractivity contribution in [2.24, 2.45) is 0 Å². The molecule has 96 valence electrons. The fraction of sp³-hybridized carbons (Fsp3) is 0.800. The van der Waals surface area contributed by atoms with E-state index in [1.54, 1.807) is 0 Å². The van der Waals surface area contributed by atoms with Crippen LogP contribution in [0.5, 0.6) is 0 Å². The van der Waals surface area contributed by atoms with E-state index in [1.807, 2.05) is 0 Å². The van der Waals surface area contributed by atoms with E-state index < -0.39 is 5.97 Å². The van der Waals surface area contributed by atoms with Gasteiger partial charge < -0.3 is 10.4 Å². The van der Waals surface area contributed by atoms with Crippen molar-refractivity contribution in [1.29, 1.82) is 0 Å². The van der Waals surface area contributed by atoms with E-state index in [-0.39, 0.29) is 31.9 Å². The Hall–Kier alpha value is 0.263. The molecule has 0 heterocycles. The molecule has 0 saturated carbocycles. The van der Waals surface area contributed by atoms with E-state index in [1.165, 1.54) is 0 Å². The van der Waals surface area contributed by atoms with Crippen molar-refractivity contribution >= 4 is 37.1 Å². The number of thiol groups is 2. The van der Waals surface area contributed by atoms with Gasteiger partial charge in [-0.05, 0) is 25.0 Å². The van der Waals surface area contributed by atoms with Gasteiger partial charge in [0.25, 0.3) is 0 Å². The molecule has 0 fully saturated rings. The summed E-state index contributed by atoms with van der Waals surface area (Å²) >= 11 is 8.49. The number of carbonyl (C=O) groups is 2. The van der Waals surface area contributed by atoms with Crippen molar-refractivity contribution in [3.05, 3.63) is 0 Å². The van der Waals surface area contributed by atoms with Crippen molar-refractivity contribution in [3.63, 3.8) is 0 Å². The summed E-state index contributed by atoms with van der Waals surface area (Å²) in [6.45, 7) is -0.298. The maximum absolute atomic E-state index is 11.1. The number of hydrogen-bond donors (Lipinski definition) is 4. The molecule has 0 aliphatic rings. The average Bonchev–Trinajstić information content (AvgIpc) is 2.22. The second-order valence-electron chi connectivity index (χ2n) is 3.58. The minimum Gasteiger partial charge on any atom is -0.480 e. The van der Waals surface area contributed by atoms with Gasteiger partial charge >= 0.3 is 5.97 Å². The second-order valence-corrected chi connectivity index (χ2v) is 4.76. The van der Waals surface area contributed by atoms with Crippen LogP contribution in [0.3, 0.4) is 0 Å². The van der Waals surface area contributed by atoms with Gasteiger partial charge in [-0.1, -0.05) is 6.42 Å². The number of aliphatic carboxylic acids is 1. The summed E-state index contributed by atoms with van der Waals surface area (Å²) in [5, 5.41) is 11.0. The Labute approximate surface area is 126 Å². The zero-order valence-electron chi connectivity index (χ0n) is 9.89. The predicted molar refractivity (Wildman–Crippen MR) is 70.4 cm³/mol. The molecule has 17 heavy (non-hydrogen) atoms. The smallest absolute Gasteiger partial charge is 0.322 e. The predicted octanol–water partition coefficient (Wildman–Crippen LogP) is 1.36. The van der Waals surface area contributed by atoms with E-state index in [9.17, 15) is 9.59 Å². The Morgan fingerprint density at radius 1 is 1.24 bits per heavy atom. The summed E-state index contributed by atoms with van der Waals surface area (Å²) in [6, 6.07) is 0. The van der Waals surface area contributed by atoms with Crippen molar-refractivity contribution in [2.75, 3.05) is 12.3 Å². The molecule has 0 saturated heterocycles. The normalized spacial score (nSPS) is 11.4. The van der Waals surface area contributed by atoms with Crippen LogP contribution < -0.4 is 5.32 Å². The van der Waals surface area contributed by atoms with Gasteiger partial charge in [-0.3, -0.25) is 9.59 Å². The Kier molecular flexibility index (Phi) is 14.7. The molecule has 0 rings (SSSR count). The van der Waals surface area contributed by atoms with E-state index in [0.717, 1.165) is 31.4 Å². The third-order valence-corrected chi connectivity index (χ3v) is 2.86. The fourth-order valence-corrected chi connectivity index (χ4v) is 2.05. The first kappa shape index (κ1) is 19.6. The van der Waals surface area contributed by atoms with E-state index in [0.29, 0.717) is 11.7 Å². The third-order valence-electron chi connectivity index (χ3n) is 2.09. The molecule has 7 heteroatoms. The first-order valence-corrected chi connectivity index (χ1v) is 6.48. The summed E-state index contributed by atoms with van der Waals surface area (Å²) in [4.78, 5) is 21.3. The maximum Gasteiger partial charge on any atom is 0.322 e. The summed E-state index contributed by atoms with van der Waals surface area (Å²) in [5.74, 6) is -0.391. The van der Waals surface area contributed by atoms with Gasteiger partial charge in [-0.15, -0.1) is 0 Å². The quantitative estimate of drug-likeness (QED) is 0.293. The molecule has 0 aromatic rings. The molecule has 0 aromatic heterocycles. The minimum absolute atomic E-state index is 0. The number of nitrogens with one attached hydrogen (secondary N) is 1. The van der Waals surface area contributed by atoms with Crippen LogP contribution in [-0.2, 0) is 29.1 Å². The molecule has 0 spiro atoms. The Morgan fingerprint density at radius 2 is 1.88 bits per heavy atom. The zero-order chi connectivity index (χ0) is 12.4. The standard InChI is InChI=1S/C10H19NO3S2.Zn/c12-9(11-7-10(13)14)4-2-1-3-8(16)5-6-15;/h8,15-16H,1-7H2,(H,11,12)(H,13,14);. The monoisotopic (exact) mass is 329 g/mol. The van der Waals surface area contributed by atoms with Gasteiger partial charge in [0.05, 0.1) is 0 Å². The summed E-state index contributed by atoms with van der Waals surface area (Å²) < 4.78 is 0. The molecule has 0 aromatic carbocycles. The van der Waals surface area contributed by atoms with E-state index >= 15 is 0 Å². The van der Waals surface area contributed by atoms with Gasteiger partial charge in [0.2, 0.25) is 5.91 Å². The van der Waals surface area contributed by atoms with Gasteiger partial charge in [0, 0.05) is 31.1 Å². The van der Waals surface area contributed by atoms with Crippen LogP contribution in [0.25, 0.3) is 0 Å². The fourth-order valence-electron chi connectivity index (χ4n) is 1.22. The first-order valence-electron chi connectivity index (χ1n) is 5.33. The first-order chi connectivity index (χ1) is 7.56. The molecular formula is C10H19NO3S2Zn. The molecule has 0 radical (unpaired) electrons. The topological polar surface area (TPSA) is 66.4 Å². The number of carboxylic acids is 1. The summed E-state index contributed by atoms with van der Waals surface area (Å²) in [6.07, 6.45) is 4.03. The average molecular weight is 331 g/mol. The molecule has 1 unspecified atom stereocenters. The molecule has 2 N–H and O–H groups in total. The summed E-state index contributed by atoms with van der Waals surface area (Å²) in [7, 11) is 0. The van der Waals surface area contributed by atoms with E-state index in [4.69, 9.17) is 5.11 Å². The third kappa shape index (κ3) is 14.2. The molecule has 1 amide bonds. The molecule has 1 atom stereocenters. The molecule has 4 nitrogen and oxygen atoms in total. The summed E-state index contributed by atoms with van der Waals surface area (Å²) in [5.41, 5.74) is 0. The van der Waals surface area contributed by atoms with Crippen LogP contribution >= 0.6 is 25.3 Å². The largest absolute Gasteiger partial charge is 0.480 e. The van der Waals surface area contributed by atoms with Crippen LogP contribution in [0.15, 0.2) is 0 Å². The Balaban J connectivity index is 0. The number of carboxylic acid groups (broad SMARTS) is 1. The number of amides is 1. The molecule has 0 bridgehead atoms. The molecular weight excluding hydrogens is 312 g/mol. The Bertz CT molecular complexity index is 230. The van der Waals surface area contributed by atoms with Gasteiger partial charge in [-0.25, -0.2) is 0 Å². The van der Waals surface area contributed by atoms with Crippen LogP contribution in [0.1, 0.15) is 32.1 Å². The van der Waals surface area contributed by atoms with Crippen LogP contribution in [-0.4, -0.2) is 34.5 Å². The number of rotatable bonds is 9. The zero-order valence-corrected chi connectivity index (χ0v) is 14.6. The van der Waals surface area contributed by atoms with Crippen LogP contribution in [0, 0.1) is 0 Å². The van der Waals surface area contributed by atoms with E-state index in [2.05, 4.69) is 30.6 Å². The SMILES string of the molecule is O=C(O)CNC(=O)CCCCC(S)CCS.[Zn]. The number of carbonyl (C=O) groups excluding carboxylic acids is 1. The van der Waals surface area contributed by atoms with Crippen LogP contribution in [0.2, 0.25) is 0 Å². The van der Waals surface area contributed by atoms with Crippen molar-refractivity contribution in [3.8, 4) is 0 Å². The van der Waals surface area contributed by atoms with Crippen molar-refractivity contribution in [2.45, 2.75) is 37.4 Å². The van der Waals surface area contributed by atoms with Crippen molar-refractivity contribution in [1.82, 2.24) is 5.32 Å².